The number of rotatable bonds is 8. The number of piperidine rings is 1. The van der Waals surface area contributed by atoms with Crippen LogP contribution in [0.15, 0.2) is 59.5 Å². The minimum absolute atomic E-state index is 0.0904. The van der Waals surface area contributed by atoms with Crippen LogP contribution < -0.4 is 10.6 Å². The monoisotopic (exact) mass is 604 g/mol. The topological polar surface area (TPSA) is 117 Å². The third kappa shape index (κ3) is 5.69. The molecule has 2 saturated heterocycles. The number of primary amides is 1. The molecule has 2 aromatic rings. The Bertz CT molecular complexity index is 1400. The highest BCUT2D eigenvalue weighted by atomic mass is 32.2. The number of carbonyl (C=O) groups is 1. The van der Waals surface area contributed by atoms with E-state index >= 15 is 0 Å². The van der Waals surface area contributed by atoms with Crippen LogP contribution in [0.2, 0.25) is 0 Å². The van der Waals surface area contributed by atoms with Crippen molar-refractivity contribution in [3.63, 3.8) is 0 Å². The van der Waals surface area contributed by atoms with Gasteiger partial charge in [-0.05, 0) is 80.9 Å². The lowest BCUT2D eigenvalue weighted by atomic mass is 9.59. The molecule has 226 valence electrons. The smallest absolute Gasteiger partial charge is 0.446 e. The summed E-state index contributed by atoms with van der Waals surface area (Å²) in [5.41, 5.74) is 0.922. The highest BCUT2D eigenvalue weighted by Crippen LogP contribution is 2.51. The third-order valence-electron chi connectivity index (χ3n) is 9.26. The Balaban J connectivity index is 1.20. The number of nitrogens with two attached hydrogens (primary N) is 1. The maximum Gasteiger partial charge on any atom is 0.501 e. The molecule has 1 unspecified atom stereocenters. The molecule has 2 heterocycles. The van der Waals surface area contributed by atoms with Crippen LogP contribution in [0.25, 0.3) is 0 Å². The Kier molecular flexibility index (Phi) is 8.45. The van der Waals surface area contributed by atoms with Crippen LogP contribution in [0.4, 0.5) is 23.7 Å². The van der Waals surface area contributed by atoms with Crippen molar-refractivity contribution in [3.8, 4) is 6.07 Å². The minimum atomic E-state index is -5.36. The molecule has 42 heavy (non-hydrogen) atoms. The van der Waals surface area contributed by atoms with E-state index in [1.54, 1.807) is 0 Å². The van der Waals surface area contributed by atoms with Crippen molar-refractivity contribution < 1.29 is 31.1 Å². The molecule has 3 fully saturated rings. The number of hydrogen-bond acceptors (Lipinski definition) is 7. The van der Waals surface area contributed by atoms with E-state index in [2.05, 4.69) is 11.0 Å². The molecule has 12 heteroatoms. The predicted molar refractivity (Wildman–Crippen MR) is 150 cm³/mol. The zero-order chi connectivity index (χ0) is 30.1. The van der Waals surface area contributed by atoms with Crippen molar-refractivity contribution in [1.29, 1.82) is 5.26 Å². The predicted octanol–water partition coefficient (Wildman–Crippen LogP) is 4.85. The van der Waals surface area contributed by atoms with Gasteiger partial charge in [-0.2, -0.15) is 18.4 Å². The van der Waals surface area contributed by atoms with Gasteiger partial charge in [-0.3, -0.25) is 0 Å². The Morgan fingerprint density at radius 2 is 1.64 bits per heavy atom. The van der Waals surface area contributed by atoms with Crippen molar-refractivity contribution in [2.45, 2.75) is 54.0 Å². The lowest BCUT2D eigenvalue weighted by Gasteiger charge is -2.47. The van der Waals surface area contributed by atoms with Crippen LogP contribution >= 0.6 is 0 Å². The van der Waals surface area contributed by atoms with Gasteiger partial charge >= 0.3 is 11.6 Å². The molecule has 0 bridgehead atoms. The fourth-order valence-electron chi connectivity index (χ4n) is 7.24. The summed E-state index contributed by atoms with van der Waals surface area (Å²) in [4.78, 5) is 15.3. The van der Waals surface area contributed by atoms with Crippen LogP contribution in [-0.2, 0) is 20.0 Å². The Morgan fingerprint density at radius 1 is 1.00 bits per heavy atom. The SMILES string of the molecule is N#CC(c1ccccc1)(C1CCN(CC2CN(c3ccc(S(=O)(=O)C(F)(F)F)cc3)C2)CC1)[C@H]1CCC[C@@H]1OC(N)=O. The van der Waals surface area contributed by atoms with Crippen molar-refractivity contribution >= 4 is 21.6 Å². The molecule has 1 saturated carbocycles. The lowest BCUT2D eigenvalue weighted by molar-refractivity contribution is -0.0436. The maximum atomic E-state index is 12.8. The van der Waals surface area contributed by atoms with Gasteiger partial charge in [-0.1, -0.05) is 30.3 Å². The average molecular weight is 605 g/mol. The second-order valence-corrected chi connectivity index (χ2v) is 13.6. The lowest BCUT2D eigenvalue weighted by Crippen LogP contribution is -2.54. The van der Waals surface area contributed by atoms with Crippen molar-refractivity contribution in [1.82, 2.24) is 4.90 Å². The Hall–Kier alpha value is -3.30. The van der Waals surface area contributed by atoms with Crippen LogP contribution in [0.3, 0.4) is 0 Å². The summed E-state index contributed by atoms with van der Waals surface area (Å²) in [5, 5.41) is 10.8. The number of amides is 1. The van der Waals surface area contributed by atoms with E-state index in [9.17, 15) is 31.6 Å². The van der Waals surface area contributed by atoms with E-state index < -0.39 is 31.7 Å². The van der Waals surface area contributed by atoms with Gasteiger partial charge in [0, 0.05) is 37.2 Å². The molecule has 8 nitrogen and oxygen atoms in total. The van der Waals surface area contributed by atoms with Crippen LogP contribution in [0.1, 0.15) is 37.7 Å². The number of likely N-dealkylation sites (tertiary alicyclic amines) is 1. The molecular weight excluding hydrogens is 569 g/mol. The number of hydrogen-bond donors (Lipinski definition) is 1. The molecule has 0 spiro atoms. The van der Waals surface area contributed by atoms with Crippen LogP contribution in [0, 0.1) is 29.1 Å². The van der Waals surface area contributed by atoms with Gasteiger partial charge in [0.15, 0.2) is 0 Å². The number of nitriles is 1. The van der Waals surface area contributed by atoms with E-state index in [-0.39, 0.29) is 17.9 Å². The van der Waals surface area contributed by atoms with E-state index in [0.29, 0.717) is 18.0 Å². The number of sulfone groups is 1. The van der Waals surface area contributed by atoms with E-state index in [0.717, 1.165) is 76.1 Å². The number of alkyl halides is 3. The summed E-state index contributed by atoms with van der Waals surface area (Å²) in [5.74, 6) is 0.331. The molecule has 2 aromatic carbocycles. The van der Waals surface area contributed by atoms with E-state index in [1.807, 2.05) is 35.2 Å². The highest BCUT2D eigenvalue weighted by molar-refractivity contribution is 7.92. The fourth-order valence-corrected chi connectivity index (χ4v) is 8.01. The zero-order valence-electron chi connectivity index (χ0n) is 23.2. The van der Waals surface area contributed by atoms with Gasteiger partial charge in [-0.25, -0.2) is 13.2 Å². The summed E-state index contributed by atoms with van der Waals surface area (Å²) in [7, 11) is -5.36. The van der Waals surface area contributed by atoms with Gasteiger partial charge in [0.1, 0.15) is 6.10 Å². The third-order valence-corrected chi connectivity index (χ3v) is 10.8. The summed E-state index contributed by atoms with van der Waals surface area (Å²) >= 11 is 0. The number of halogens is 3. The fraction of sp³-hybridized carbons (Fsp3) is 0.533. The molecule has 2 aliphatic heterocycles. The van der Waals surface area contributed by atoms with Gasteiger partial charge in [-0.15, -0.1) is 0 Å². The van der Waals surface area contributed by atoms with E-state index in [1.165, 1.54) is 12.1 Å². The molecule has 0 radical (unpaired) electrons. The Morgan fingerprint density at radius 3 is 2.21 bits per heavy atom. The summed E-state index contributed by atoms with van der Waals surface area (Å²) in [6.45, 7) is 3.98. The summed E-state index contributed by atoms with van der Waals surface area (Å²) in [6, 6.07) is 17.4. The first kappa shape index (κ1) is 30.2. The molecule has 2 N–H and O–H groups in total. The van der Waals surface area contributed by atoms with Crippen molar-refractivity contribution in [2.75, 3.05) is 37.6 Å². The second kappa shape index (κ2) is 11.8. The highest BCUT2D eigenvalue weighted by Gasteiger charge is 2.53. The molecular formula is C30H35F3N4O4S. The maximum absolute atomic E-state index is 12.8. The first-order valence-corrected chi connectivity index (χ1v) is 15.8. The Labute approximate surface area is 244 Å². The standard InChI is InChI=1S/C30H35F3N4O4S/c31-30(32,33)42(39,40)25-11-9-24(10-12-25)37-18-21(19-37)17-36-15-13-23(14-16-36)29(20-34,22-5-2-1-3-6-22)26-7-4-8-27(26)41-28(35)38/h1-3,5-6,9-12,21,23,26-27H,4,7-8,13-19H2,(H2,35,38)/t26-,27-,29?/m0/s1. The van der Waals surface area contributed by atoms with Gasteiger partial charge in [0.2, 0.25) is 0 Å². The number of nitrogens with zero attached hydrogens (tertiary/aromatic N) is 3. The number of ether oxygens (including phenoxy) is 1. The minimum Gasteiger partial charge on any atom is -0.446 e. The molecule has 3 atom stereocenters. The molecule has 3 aliphatic rings. The van der Waals surface area contributed by atoms with Crippen LogP contribution in [-0.4, -0.2) is 63.7 Å². The molecule has 1 amide bonds. The number of anilines is 1. The summed E-state index contributed by atoms with van der Waals surface area (Å²) < 4.78 is 67.2. The molecule has 5 rings (SSSR count). The van der Waals surface area contributed by atoms with Gasteiger partial charge < -0.3 is 20.3 Å². The van der Waals surface area contributed by atoms with Crippen molar-refractivity contribution in [2.24, 2.45) is 23.5 Å². The van der Waals surface area contributed by atoms with Crippen molar-refractivity contribution in [3.05, 3.63) is 60.2 Å². The van der Waals surface area contributed by atoms with E-state index in [4.69, 9.17) is 10.5 Å². The molecule has 1 aliphatic carbocycles. The van der Waals surface area contributed by atoms with Gasteiger partial charge in [0.05, 0.1) is 16.4 Å². The van der Waals surface area contributed by atoms with Crippen LogP contribution in [0.5, 0.6) is 0 Å². The first-order chi connectivity index (χ1) is 20.0. The number of carbonyl (C=O) groups excluding carboxylic acids is 1. The largest absolute Gasteiger partial charge is 0.501 e. The number of benzene rings is 2. The first-order valence-electron chi connectivity index (χ1n) is 14.3. The normalized spacial score (nSPS) is 24.0. The van der Waals surface area contributed by atoms with Gasteiger partial charge in [0.25, 0.3) is 9.84 Å². The second-order valence-electron chi connectivity index (χ2n) is 11.6. The molecule has 0 aromatic heterocycles. The average Bonchev–Trinajstić information content (AvgIpc) is 3.40. The summed E-state index contributed by atoms with van der Waals surface area (Å²) in [6.07, 6.45) is 2.82. The quantitative estimate of drug-likeness (QED) is 0.458. The zero-order valence-corrected chi connectivity index (χ0v) is 24.0.